The molecule has 0 N–H and O–H groups in total. The van der Waals surface area contributed by atoms with Gasteiger partial charge in [0.1, 0.15) is 11.2 Å². The molecule has 0 bridgehead atoms. The lowest BCUT2D eigenvalue weighted by molar-refractivity contribution is 0.584. The predicted octanol–water partition coefficient (Wildman–Crippen LogP) is 8.86. The van der Waals surface area contributed by atoms with Crippen LogP contribution in [0.2, 0.25) is 0 Å². The van der Waals surface area contributed by atoms with E-state index in [1.54, 1.807) is 0 Å². The molecule has 0 radical (unpaired) electrons. The molecular weight excluding hydrogens is 388 g/mol. The van der Waals surface area contributed by atoms with Crippen molar-refractivity contribution in [2.75, 3.05) is 0 Å². The van der Waals surface area contributed by atoms with Crippen LogP contribution in [0.1, 0.15) is 51.3 Å². The van der Waals surface area contributed by atoms with Crippen LogP contribution >= 0.6 is 0 Å². The van der Waals surface area contributed by atoms with E-state index in [4.69, 9.17) is 4.42 Å². The Bertz CT molecular complexity index is 1520. The van der Waals surface area contributed by atoms with E-state index in [2.05, 4.69) is 101 Å². The van der Waals surface area contributed by atoms with E-state index in [9.17, 15) is 0 Å². The Hall–Kier alpha value is -3.32. The highest BCUT2D eigenvalue weighted by molar-refractivity contribution is 6.06. The molecule has 32 heavy (non-hydrogen) atoms. The zero-order valence-corrected chi connectivity index (χ0v) is 19.4. The summed E-state index contributed by atoms with van der Waals surface area (Å²) in [6.45, 7) is 11.6. The van der Waals surface area contributed by atoms with Crippen LogP contribution in [0.15, 0.2) is 83.3 Å². The Labute approximate surface area is 189 Å². The van der Waals surface area contributed by atoms with E-state index in [1.807, 2.05) is 12.1 Å². The number of rotatable bonds is 1. The number of para-hydroxylation sites is 1. The quantitative estimate of drug-likeness (QED) is 0.266. The van der Waals surface area contributed by atoms with Gasteiger partial charge in [-0.05, 0) is 68.6 Å². The van der Waals surface area contributed by atoms with Gasteiger partial charge in [0.15, 0.2) is 0 Å². The summed E-state index contributed by atoms with van der Waals surface area (Å²) < 4.78 is 6.03. The zero-order valence-electron chi connectivity index (χ0n) is 19.4. The molecule has 0 saturated heterocycles. The van der Waals surface area contributed by atoms with Gasteiger partial charge in [0.2, 0.25) is 0 Å². The van der Waals surface area contributed by atoms with Gasteiger partial charge >= 0.3 is 0 Å². The van der Waals surface area contributed by atoms with E-state index >= 15 is 0 Å². The number of benzene rings is 4. The monoisotopic (exact) mass is 416 g/mol. The minimum Gasteiger partial charge on any atom is -0.456 e. The summed E-state index contributed by atoms with van der Waals surface area (Å²) in [6.07, 6.45) is 0. The minimum atomic E-state index is -0.0195. The summed E-state index contributed by atoms with van der Waals surface area (Å²) >= 11 is 0. The van der Waals surface area contributed by atoms with Crippen LogP contribution in [0.5, 0.6) is 0 Å². The molecule has 0 saturated carbocycles. The smallest absolute Gasteiger partial charge is 0.135 e. The first-order valence-electron chi connectivity index (χ1n) is 11.4. The molecular formula is C31H28O. The van der Waals surface area contributed by atoms with Crippen molar-refractivity contribution in [3.05, 3.63) is 95.6 Å². The van der Waals surface area contributed by atoms with Gasteiger partial charge < -0.3 is 4.42 Å². The third-order valence-electron chi connectivity index (χ3n) is 7.25. The fourth-order valence-corrected chi connectivity index (χ4v) is 5.29. The van der Waals surface area contributed by atoms with Gasteiger partial charge in [-0.3, -0.25) is 0 Å². The molecule has 0 spiro atoms. The molecule has 4 aromatic carbocycles. The van der Waals surface area contributed by atoms with Crippen molar-refractivity contribution < 1.29 is 4.42 Å². The van der Waals surface area contributed by atoms with E-state index < -0.39 is 0 Å². The second kappa shape index (κ2) is 6.36. The normalized spacial score (nSPS) is 14.7. The molecule has 1 heterocycles. The molecule has 1 heteroatoms. The van der Waals surface area contributed by atoms with E-state index in [0.29, 0.717) is 0 Å². The molecule has 1 aliphatic rings. The molecule has 1 nitrogen and oxygen atoms in total. The van der Waals surface area contributed by atoms with Crippen molar-refractivity contribution in [2.24, 2.45) is 0 Å². The lowest BCUT2D eigenvalue weighted by atomic mass is 9.78. The molecule has 1 aromatic heterocycles. The first-order chi connectivity index (χ1) is 15.2. The first kappa shape index (κ1) is 19.4. The molecule has 158 valence electrons. The third-order valence-corrected chi connectivity index (χ3v) is 7.25. The highest BCUT2D eigenvalue weighted by Gasteiger charge is 2.36. The van der Waals surface area contributed by atoms with Crippen molar-refractivity contribution in [3.63, 3.8) is 0 Å². The predicted molar refractivity (Wildman–Crippen MR) is 135 cm³/mol. The zero-order chi connectivity index (χ0) is 22.3. The van der Waals surface area contributed by atoms with E-state index in [0.717, 1.165) is 11.2 Å². The topological polar surface area (TPSA) is 13.1 Å². The summed E-state index contributed by atoms with van der Waals surface area (Å²) in [5.41, 5.74) is 11.5. The van der Waals surface area contributed by atoms with Crippen molar-refractivity contribution in [1.29, 1.82) is 0 Å². The van der Waals surface area contributed by atoms with Crippen molar-refractivity contribution in [2.45, 2.75) is 45.4 Å². The maximum absolute atomic E-state index is 6.03. The van der Waals surface area contributed by atoms with Gasteiger partial charge in [0.05, 0.1) is 0 Å². The summed E-state index contributed by atoms with van der Waals surface area (Å²) in [7, 11) is 0. The van der Waals surface area contributed by atoms with Crippen LogP contribution in [-0.2, 0) is 10.8 Å². The molecule has 6 rings (SSSR count). The molecule has 1 aliphatic carbocycles. The minimum absolute atomic E-state index is 0.0195. The largest absolute Gasteiger partial charge is 0.456 e. The van der Waals surface area contributed by atoms with Gasteiger partial charge in [-0.25, -0.2) is 0 Å². The first-order valence-corrected chi connectivity index (χ1v) is 11.4. The number of hydrogen-bond donors (Lipinski definition) is 0. The van der Waals surface area contributed by atoms with Crippen LogP contribution in [0, 0.1) is 0 Å². The van der Waals surface area contributed by atoms with Crippen LogP contribution in [-0.4, -0.2) is 0 Å². The maximum Gasteiger partial charge on any atom is 0.135 e. The fraction of sp³-hybridized carbons (Fsp3) is 0.226. The number of hydrogen-bond acceptors (Lipinski definition) is 1. The summed E-state index contributed by atoms with van der Waals surface area (Å²) in [6, 6.07) is 28.9. The van der Waals surface area contributed by atoms with Crippen LogP contribution < -0.4 is 0 Å². The Morgan fingerprint density at radius 2 is 1.25 bits per heavy atom. The van der Waals surface area contributed by atoms with Gasteiger partial charge in [0.25, 0.3) is 0 Å². The Balaban J connectivity index is 1.50. The standard InChI is InChI=1S/C31H28O/c1-30(2,3)21-12-14-23-22-13-10-20(17-26(22)31(4,5)27(23)18-21)19-11-15-29-25(16-19)24-8-6-7-9-28(24)32-29/h6-18H,1-5H3. The number of fused-ring (bicyclic) bond motifs is 6. The van der Waals surface area contributed by atoms with Gasteiger partial charge in [-0.15, -0.1) is 0 Å². The fourth-order valence-electron chi connectivity index (χ4n) is 5.29. The van der Waals surface area contributed by atoms with Crippen LogP contribution in [0.3, 0.4) is 0 Å². The summed E-state index contributed by atoms with van der Waals surface area (Å²) in [4.78, 5) is 0. The van der Waals surface area contributed by atoms with Crippen molar-refractivity contribution in [1.82, 2.24) is 0 Å². The van der Waals surface area contributed by atoms with Gasteiger partial charge in [0, 0.05) is 16.2 Å². The summed E-state index contributed by atoms with van der Waals surface area (Å²) in [5, 5.41) is 2.35. The third kappa shape index (κ3) is 2.70. The van der Waals surface area contributed by atoms with Gasteiger partial charge in [-0.1, -0.05) is 89.2 Å². The van der Waals surface area contributed by atoms with E-state index in [1.165, 1.54) is 49.7 Å². The van der Waals surface area contributed by atoms with Gasteiger partial charge in [-0.2, -0.15) is 0 Å². The lowest BCUT2D eigenvalue weighted by Crippen LogP contribution is -2.17. The number of furan rings is 1. The SMILES string of the molecule is CC(C)(C)c1ccc2c(c1)C(C)(C)c1cc(-c3ccc4oc5ccccc5c4c3)ccc1-2. The average Bonchev–Trinajstić information content (AvgIpc) is 3.25. The molecule has 0 unspecified atom stereocenters. The van der Waals surface area contributed by atoms with Crippen LogP contribution in [0.25, 0.3) is 44.2 Å². The van der Waals surface area contributed by atoms with E-state index in [-0.39, 0.29) is 10.8 Å². The summed E-state index contributed by atoms with van der Waals surface area (Å²) in [5.74, 6) is 0. The molecule has 0 aliphatic heterocycles. The van der Waals surface area contributed by atoms with Crippen molar-refractivity contribution in [3.8, 4) is 22.3 Å². The highest BCUT2D eigenvalue weighted by atomic mass is 16.3. The second-order valence-electron chi connectivity index (χ2n) is 10.7. The average molecular weight is 417 g/mol. The molecule has 0 fully saturated rings. The Morgan fingerprint density at radius 3 is 2.03 bits per heavy atom. The highest BCUT2D eigenvalue weighted by Crippen LogP contribution is 2.50. The Kier molecular flexibility index (Phi) is 3.85. The van der Waals surface area contributed by atoms with Crippen LogP contribution in [0.4, 0.5) is 0 Å². The molecule has 0 amide bonds. The second-order valence-corrected chi connectivity index (χ2v) is 10.7. The molecule has 5 aromatic rings. The molecule has 0 atom stereocenters. The maximum atomic E-state index is 6.03. The lowest BCUT2D eigenvalue weighted by Gasteiger charge is -2.25. The Morgan fingerprint density at radius 1 is 0.625 bits per heavy atom. The van der Waals surface area contributed by atoms with Crippen molar-refractivity contribution >= 4 is 21.9 Å².